The number of carbonyl (C=O) groups is 1. The van der Waals surface area contributed by atoms with Crippen LogP contribution in [0.1, 0.15) is 11.6 Å². The van der Waals surface area contributed by atoms with Crippen molar-refractivity contribution in [1.82, 2.24) is 10.2 Å². The SMILES string of the molecule is COc1ccccc1[C@@H](CNC(=O)Nc1cccc2ccccc12)N(C)C. The summed E-state index contributed by atoms with van der Waals surface area (Å²) >= 11 is 0. The minimum absolute atomic E-state index is 0.000539. The van der Waals surface area contributed by atoms with Crippen LogP contribution in [0.2, 0.25) is 0 Å². The second-order valence-corrected chi connectivity index (χ2v) is 6.58. The van der Waals surface area contributed by atoms with Gasteiger partial charge in [-0.3, -0.25) is 0 Å². The van der Waals surface area contributed by atoms with Gasteiger partial charge in [0, 0.05) is 17.5 Å². The van der Waals surface area contributed by atoms with E-state index in [4.69, 9.17) is 4.74 Å². The molecule has 0 aliphatic heterocycles. The maximum absolute atomic E-state index is 12.5. The number of methoxy groups -OCH3 is 1. The van der Waals surface area contributed by atoms with Gasteiger partial charge in [-0.15, -0.1) is 0 Å². The number of hydrogen-bond donors (Lipinski definition) is 2. The number of amides is 2. The van der Waals surface area contributed by atoms with Gasteiger partial charge in [0.15, 0.2) is 0 Å². The molecule has 27 heavy (non-hydrogen) atoms. The maximum Gasteiger partial charge on any atom is 0.319 e. The Morgan fingerprint density at radius 2 is 1.70 bits per heavy atom. The van der Waals surface area contributed by atoms with E-state index in [1.54, 1.807) is 7.11 Å². The average molecular weight is 363 g/mol. The van der Waals surface area contributed by atoms with Crippen LogP contribution in [0.3, 0.4) is 0 Å². The molecule has 0 aliphatic rings. The van der Waals surface area contributed by atoms with Gasteiger partial charge in [0.2, 0.25) is 0 Å². The molecule has 3 aromatic carbocycles. The Bertz CT molecular complexity index is 919. The fourth-order valence-corrected chi connectivity index (χ4v) is 3.20. The number of para-hydroxylation sites is 1. The van der Waals surface area contributed by atoms with Gasteiger partial charge in [0.05, 0.1) is 18.8 Å². The number of nitrogens with zero attached hydrogens (tertiary/aromatic N) is 1. The molecule has 0 unspecified atom stereocenters. The highest BCUT2D eigenvalue weighted by Crippen LogP contribution is 2.27. The Balaban J connectivity index is 1.71. The second kappa shape index (κ2) is 8.56. The average Bonchev–Trinajstić information content (AvgIpc) is 2.68. The first kappa shape index (κ1) is 18.7. The third kappa shape index (κ3) is 4.38. The maximum atomic E-state index is 12.5. The summed E-state index contributed by atoms with van der Waals surface area (Å²) in [7, 11) is 5.63. The van der Waals surface area contributed by atoms with Crippen LogP contribution in [0.15, 0.2) is 66.7 Å². The summed E-state index contributed by atoms with van der Waals surface area (Å²) < 4.78 is 5.47. The lowest BCUT2D eigenvalue weighted by Crippen LogP contribution is -2.37. The van der Waals surface area contributed by atoms with Gasteiger partial charge in [0.1, 0.15) is 5.75 Å². The van der Waals surface area contributed by atoms with Crippen molar-refractivity contribution in [3.63, 3.8) is 0 Å². The van der Waals surface area contributed by atoms with Crippen LogP contribution in [-0.4, -0.2) is 38.7 Å². The van der Waals surface area contributed by atoms with Crippen LogP contribution in [-0.2, 0) is 0 Å². The third-order valence-corrected chi connectivity index (χ3v) is 4.62. The number of carbonyl (C=O) groups excluding carboxylic acids is 1. The molecule has 3 rings (SSSR count). The van der Waals surface area contributed by atoms with Crippen molar-refractivity contribution in [3.8, 4) is 5.75 Å². The van der Waals surface area contributed by atoms with E-state index in [1.807, 2.05) is 80.8 Å². The van der Waals surface area contributed by atoms with Crippen molar-refractivity contribution in [2.24, 2.45) is 0 Å². The molecule has 5 nitrogen and oxygen atoms in total. The molecular weight excluding hydrogens is 338 g/mol. The molecule has 1 atom stereocenters. The van der Waals surface area contributed by atoms with Crippen LogP contribution >= 0.6 is 0 Å². The van der Waals surface area contributed by atoms with Crippen LogP contribution in [0.25, 0.3) is 10.8 Å². The van der Waals surface area contributed by atoms with Crippen molar-refractivity contribution >= 4 is 22.5 Å². The summed E-state index contributed by atoms with van der Waals surface area (Å²) in [6.07, 6.45) is 0. The summed E-state index contributed by atoms with van der Waals surface area (Å²) in [5.74, 6) is 0.812. The van der Waals surface area contributed by atoms with Crippen LogP contribution < -0.4 is 15.4 Å². The molecule has 0 bridgehead atoms. The van der Waals surface area contributed by atoms with Crippen LogP contribution in [0, 0.1) is 0 Å². The quantitative estimate of drug-likeness (QED) is 0.687. The summed E-state index contributed by atoms with van der Waals surface area (Å²) in [5, 5.41) is 8.05. The summed E-state index contributed by atoms with van der Waals surface area (Å²) in [6, 6.07) is 21.5. The van der Waals surface area contributed by atoms with Crippen molar-refractivity contribution in [2.75, 3.05) is 33.1 Å². The predicted octanol–water partition coefficient (Wildman–Crippen LogP) is 4.27. The smallest absolute Gasteiger partial charge is 0.319 e. The Hall–Kier alpha value is -3.05. The van der Waals surface area contributed by atoms with Crippen molar-refractivity contribution in [1.29, 1.82) is 0 Å². The first-order valence-corrected chi connectivity index (χ1v) is 8.92. The van der Waals surface area contributed by atoms with Crippen molar-refractivity contribution in [2.45, 2.75) is 6.04 Å². The lowest BCUT2D eigenvalue weighted by atomic mass is 10.0. The van der Waals surface area contributed by atoms with Gasteiger partial charge in [-0.25, -0.2) is 4.79 Å². The van der Waals surface area contributed by atoms with E-state index in [0.29, 0.717) is 6.54 Å². The Morgan fingerprint density at radius 1 is 1.00 bits per heavy atom. The highest BCUT2D eigenvalue weighted by molar-refractivity contribution is 6.01. The van der Waals surface area contributed by atoms with Crippen LogP contribution in [0.4, 0.5) is 10.5 Å². The van der Waals surface area contributed by atoms with Gasteiger partial charge >= 0.3 is 6.03 Å². The van der Waals surface area contributed by atoms with Crippen molar-refractivity contribution < 1.29 is 9.53 Å². The first-order chi connectivity index (χ1) is 13.1. The minimum atomic E-state index is -0.229. The summed E-state index contributed by atoms with van der Waals surface area (Å²) in [6.45, 7) is 0.462. The highest BCUT2D eigenvalue weighted by Gasteiger charge is 2.19. The van der Waals surface area contributed by atoms with E-state index < -0.39 is 0 Å². The number of benzene rings is 3. The van der Waals surface area contributed by atoms with E-state index in [2.05, 4.69) is 15.5 Å². The number of urea groups is 1. The molecule has 0 radical (unpaired) electrons. The number of anilines is 1. The molecular formula is C22H25N3O2. The molecule has 2 N–H and O–H groups in total. The van der Waals surface area contributed by atoms with Gasteiger partial charge in [-0.2, -0.15) is 0 Å². The van der Waals surface area contributed by atoms with Gasteiger partial charge in [-0.1, -0.05) is 54.6 Å². The van der Waals surface area contributed by atoms with E-state index in [1.165, 1.54) is 0 Å². The topological polar surface area (TPSA) is 53.6 Å². The second-order valence-electron chi connectivity index (χ2n) is 6.58. The highest BCUT2D eigenvalue weighted by atomic mass is 16.5. The fourth-order valence-electron chi connectivity index (χ4n) is 3.20. The first-order valence-electron chi connectivity index (χ1n) is 8.92. The van der Waals surface area contributed by atoms with E-state index in [9.17, 15) is 4.79 Å². The molecule has 2 amide bonds. The number of hydrogen-bond acceptors (Lipinski definition) is 3. The molecule has 3 aromatic rings. The molecule has 5 heteroatoms. The molecule has 0 fully saturated rings. The Morgan fingerprint density at radius 3 is 2.48 bits per heavy atom. The number of nitrogens with one attached hydrogen (secondary N) is 2. The zero-order valence-corrected chi connectivity index (χ0v) is 15.9. The van der Waals surface area contributed by atoms with Gasteiger partial charge < -0.3 is 20.3 Å². The number of likely N-dealkylation sites (N-methyl/N-ethyl adjacent to an activating group) is 1. The number of ether oxygens (including phenoxy) is 1. The molecule has 0 saturated heterocycles. The fraction of sp³-hybridized carbons (Fsp3) is 0.227. The minimum Gasteiger partial charge on any atom is -0.496 e. The van der Waals surface area contributed by atoms with E-state index >= 15 is 0 Å². The zero-order chi connectivity index (χ0) is 19.2. The predicted molar refractivity (Wildman–Crippen MR) is 110 cm³/mol. The van der Waals surface area contributed by atoms with Crippen LogP contribution in [0.5, 0.6) is 5.75 Å². The zero-order valence-electron chi connectivity index (χ0n) is 15.9. The van der Waals surface area contributed by atoms with E-state index in [-0.39, 0.29) is 12.1 Å². The Kier molecular flexibility index (Phi) is 5.94. The van der Waals surface area contributed by atoms with Gasteiger partial charge in [-0.05, 0) is 31.6 Å². The summed E-state index contributed by atoms with van der Waals surface area (Å²) in [4.78, 5) is 14.6. The largest absolute Gasteiger partial charge is 0.496 e. The molecule has 0 saturated carbocycles. The van der Waals surface area contributed by atoms with E-state index in [0.717, 1.165) is 27.8 Å². The van der Waals surface area contributed by atoms with Crippen molar-refractivity contribution in [3.05, 3.63) is 72.3 Å². The number of fused-ring (bicyclic) bond motifs is 1. The monoisotopic (exact) mass is 363 g/mol. The molecule has 0 heterocycles. The van der Waals surface area contributed by atoms with Gasteiger partial charge in [0.25, 0.3) is 0 Å². The molecule has 140 valence electrons. The Labute approximate surface area is 159 Å². The molecule has 0 aromatic heterocycles. The normalized spacial score (nSPS) is 12.0. The molecule has 0 aliphatic carbocycles. The summed E-state index contributed by atoms with van der Waals surface area (Å²) in [5.41, 5.74) is 1.83. The lowest BCUT2D eigenvalue weighted by molar-refractivity contribution is 0.242. The standard InChI is InChI=1S/C22H25N3O2/c1-25(2)20(18-12-6-7-14-21(18)27-3)15-23-22(26)24-19-13-8-10-16-9-4-5-11-17(16)19/h4-14,20H,15H2,1-3H3,(H2,23,24,26)/t20-/m1/s1. The third-order valence-electron chi connectivity index (χ3n) is 4.62. The molecule has 0 spiro atoms. The number of rotatable bonds is 6. The lowest BCUT2D eigenvalue weighted by Gasteiger charge is -2.26.